The van der Waals surface area contributed by atoms with Crippen molar-refractivity contribution in [2.75, 3.05) is 13.2 Å². The van der Waals surface area contributed by atoms with Crippen LogP contribution in [0.5, 0.6) is 0 Å². The SMILES string of the molecule is O=C(c1cc2ccccc2o1)N1[C@H]2CC[C@H]1COC2. The third-order valence-corrected chi connectivity index (χ3v) is 4.11. The lowest BCUT2D eigenvalue weighted by atomic mass is 10.2. The molecule has 1 aromatic carbocycles. The number of carbonyl (C=O) groups excluding carboxylic acids is 1. The highest BCUT2D eigenvalue weighted by atomic mass is 16.5. The van der Waals surface area contributed by atoms with Crippen LogP contribution in [0.2, 0.25) is 0 Å². The first-order valence-corrected chi connectivity index (χ1v) is 6.72. The Hall–Kier alpha value is -1.81. The number of rotatable bonds is 1. The fourth-order valence-electron chi connectivity index (χ4n) is 3.17. The van der Waals surface area contributed by atoms with E-state index in [1.165, 1.54) is 0 Å². The molecule has 2 aromatic rings. The van der Waals surface area contributed by atoms with Crippen molar-refractivity contribution in [3.05, 3.63) is 36.1 Å². The Balaban J connectivity index is 1.70. The summed E-state index contributed by atoms with van der Waals surface area (Å²) in [6, 6.07) is 10.00. The molecule has 2 aliphatic rings. The van der Waals surface area contributed by atoms with Crippen LogP contribution in [0.15, 0.2) is 34.7 Å². The Morgan fingerprint density at radius 2 is 1.89 bits per heavy atom. The second-order valence-electron chi connectivity index (χ2n) is 5.28. The van der Waals surface area contributed by atoms with E-state index in [9.17, 15) is 4.79 Å². The molecule has 0 N–H and O–H groups in total. The number of nitrogens with zero attached hydrogens (tertiary/aromatic N) is 1. The summed E-state index contributed by atoms with van der Waals surface area (Å²) in [7, 11) is 0. The van der Waals surface area contributed by atoms with Crippen LogP contribution < -0.4 is 0 Å². The summed E-state index contributed by atoms with van der Waals surface area (Å²) in [5.41, 5.74) is 0.770. The van der Waals surface area contributed by atoms with Crippen LogP contribution in [0.3, 0.4) is 0 Å². The maximum absolute atomic E-state index is 12.6. The van der Waals surface area contributed by atoms with Gasteiger partial charge in [0, 0.05) is 5.39 Å². The van der Waals surface area contributed by atoms with Crippen molar-refractivity contribution in [2.45, 2.75) is 24.9 Å². The molecule has 1 aromatic heterocycles. The lowest BCUT2D eigenvalue weighted by Gasteiger charge is -2.33. The van der Waals surface area contributed by atoms with Gasteiger partial charge in [-0.2, -0.15) is 0 Å². The quantitative estimate of drug-likeness (QED) is 0.788. The molecule has 2 saturated heterocycles. The Kier molecular flexibility index (Phi) is 2.38. The molecule has 0 spiro atoms. The second kappa shape index (κ2) is 4.10. The van der Waals surface area contributed by atoms with Gasteiger partial charge in [0.2, 0.25) is 0 Å². The average Bonchev–Trinajstić information content (AvgIpc) is 2.97. The van der Waals surface area contributed by atoms with Crippen LogP contribution in [0.1, 0.15) is 23.4 Å². The number of hydrogen-bond donors (Lipinski definition) is 0. The molecule has 2 aliphatic heterocycles. The number of furan rings is 1. The van der Waals surface area contributed by atoms with Crippen LogP contribution in [0, 0.1) is 0 Å². The maximum Gasteiger partial charge on any atom is 0.290 e. The van der Waals surface area contributed by atoms with E-state index in [4.69, 9.17) is 9.15 Å². The predicted molar refractivity (Wildman–Crippen MR) is 70.0 cm³/mol. The van der Waals surface area contributed by atoms with Crippen molar-refractivity contribution in [1.82, 2.24) is 4.90 Å². The van der Waals surface area contributed by atoms with Crippen molar-refractivity contribution in [3.8, 4) is 0 Å². The van der Waals surface area contributed by atoms with E-state index in [2.05, 4.69) is 0 Å². The summed E-state index contributed by atoms with van der Waals surface area (Å²) < 4.78 is 11.2. The summed E-state index contributed by atoms with van der Waals surface area (Å²) >= 11 is 0. The van der Waals surface area contributed by atoms with Crippen LogP contribution in [0.25, 0.3) is 11.0 Å². The summed E-state index contributed by atoms with van der Waals surface area (Å²) in [5.74, 6) is 0.451. The minimum Gasteiger partial charge on any atom is -0.451 e. The van der Waals surface area contributed by atoms with Crippen LogP contribution in [0.4, 0.5) is 0 Å². The lowest BCUT2D eigenvalue weighted by molar-refractivity contribution is -0.00857. The zero-order valence-corrected chi connectivity index (χ0v) is 10.5. The Labute approximate surface area is 110 Å². The fourth-order valence-corrected chi connectivity index (χ4v) is 3.17. The molecular formula is C15H15NO3. The van der Waals surface area contributed by atoms with Gasteiger partial charge in [0.15, 0.2) is 5.76 Å². The lowest BCUT2D eigenvalue weighted by Crippen LogP contribution is -2.49. The summed E-state index contributed by atoms with van der Waals surface area (Å²) in [6.07, 6.45) is 2.08. The zero-order chi connectivity index (χ0) is 12.8. The first-order valence-electron chi connectivity index (χ1n) is 6.72. The van der Waals surface area contributed by atoms with Crippen LogP contribution >= 0.6 is 0 Å². The molecule has 4 heteroatoms. The van der Waals surface area contributed by atoms with Gasteiger partial charge in [-0.1, -0.05) is 18.2 Å². The van der Waals surface area contributed by atoms with E-state index in [1.807, 2.05) is 35.2 Å². The average molecular weight is 257 g/mol. The van der Waals surface area contributed by atoms with Gasteiger partial charge in [-0.15, -0.1) is 0 Å². The molecular weight excluding hydrogens is 242 g/mol. The van der Waals surface area contributed by atoms with E-state index in [1.54, 1.807) is 0 Å². The largest absolute Gasteiger partial charge is 0.451 e. The van der Waals surface area contributed by atoms with Gasteiger partial charge in [-0.25, -0.2) is 0 Å². The fraction of sp³-hybridized carbons (Fsp3) is 0.400. The number of para-hydroxylation sites is 1. The van der Waals surface area contributed by atoms with E-state index < -0.39 is 0 Å². The smallest absolute Gasteiger partial charge is 0.290 e. The molecule has 4 nitrogen and oxygen atoms in total. The molecule has 0 saturated carbocycles. The number of ether oxygens (including phenoxy) is 1. The number of benzene rings is 1. The number of hydrogen-bond acceptors (Lipinski definition) is 3. The summed E-state index contributed by atoms with van der Waals surface area (Å²) in [6.45, 7) is 1.31. The van der Waals surface area contributed by atoms with E-state index in [-0.39, 0.29) is 18.0 Å². The van der Waals surface area contributed by atoms with E-state index in [0.717, 1.165) is 23.8 Å². The van der Waals surface area contributed by atoms with E-state index in [0.29, 0.717) is 19.0 Å². The number of amides is 1. The molecule has 98 valence electrons. The van der Waals surface area contributed by atoms with Crippen molar-refractivity contribution < 1.29 is 13.9 Å². The van der Waals surface area contributed by atoms with Crippen molar-refractivity contribution in [3.63, 3.8) is 0 Å². The molecule has 2 atom stereocenters. The van der Waals surface area contributed by atoms with Crippen molar-refractivity contribution in [2.24, 2.45) is 0 Å². The monoisotopic (exact) mass is 257 g/mol. The summed E-state index contributed by atoms with van der Waals surface area (Å²) in [5, 5.41) is 0.978. The number of morpholine rings is 1. The molecule has 0 aliphatic carbocycles. The molecule has 19 heavy (non-hydrogen) atoms. The Morgan fingerprint density at radius 1 is 1.16 bits per heavy atom. The van der Waals surface area contributed by atoms with Crippen LogP contribution in [-0.4, -0.2) is 36.1 Å². The topological polar surface area (TPSA) is 42.7 Å². The predicted octanol–water partition coefficient (Wildman–Crippen LogP) is 2.44. The standard InChI is InChI=1S/C15H15NO3/c17-15(16-11-5-6-12(16)9-18-8-11)14-7-10-3-1-2-4-13(10)19-14/h1-4,7,11-12H,5-6,8-9H2/t11-,12-/m0/s1. The molecule has 1 amide bonds. The molecule has 0 radical (unpaired) electrons. The van der Waals surface area contributed by atoms with Gasteiger partial charge in [0.05, 0.1) is 25.3 Å². The second-order valence-corrected chi connectivity index (χ2v) is 5.28. The summed E-state index contributed by atoms with van der Waals surface area (Å²) in [4.78, 5) is 14.6. The van der Waals surface area contributed by atoms with Gasteiger partial charge in [-0.05, 0) is 25.0 Å². The highest BCUT2D eigenvalue weighted by Gasteiger charge is 2.41. The molecule has 2 bridgehead atoms. The van der Waals surface area contributed by atoms with Gasteiger partial charge < -0.3 is 14.1 Å². The van der Waals surface area contributed by atoms with E-state index >= 15 is 0 Å². The highest BCUT2D eigenvalue weighted by molar-refractivity contribution is 5.96. The number of carbonyl (C=O) groups is 1. The van der Waals surface area contributed by atoms with Gasteiger partial charge in [0.1, 0.15) is 5.58 Å². The maximum atomic E-state index is 12.6. The molecule has 0 unspecified atom stereocenters. The van der Waals surface area contributed by atoms with Crippen molar-refractivity contribution in [1.29, 1.82) is 0 Å². The normalized spacial score (nSPS) is 26.0. The number of fused-ring (bicyclic) bond motifs is 3. The third kappa shape index (κ3) is 1.67. The molecule has 2 fully saturated rings. The molecule has 4 rings (SSSR count). The minimum absolute atomic E-state index is 0.00648. The first kappa shape index (κ1) is 11.1. The Bertz CT molecular complexity index is 584. The zero-order valence-electron chi connectivity index (χ0n) is 10.5. The van der Waals surface area contributed by atoms with Gasteiger partial charge in [0.25, 0.3) is 5.91 Å². The minimum atomic E-state index is 0.00648. The molecule has 3 heterocycles. The third-order valence-electron chi connectivity index (χ3n) is 4.11. The van der Waals surface area contributed by atoms with Gasteiger partial charge in [-0.3, -0.25) is 4.79 Å². The van der Waals surface area contributed by atoms with Gasteiger partial charge >= 0.3 is 0 Å². The first-order chi connectivity index (χ1) is 9.33. The Morgan fingerprint density at radius 3 is 2.63 bits per heavy atom. The van der Waals surface area contributed by atoms with Crippen molar-refractivity contribution >= 4 is 16.9 Å². The van der Waals surface area contributed by atoms with Crippen LogP contribution in [-0.2, 0) is 4.74 Å². The highest BCUT2D eigenvalue weighted by Crippen LogP contribution is 2.31.